The van der Waals surface area contributed by atoms with Crippen molar-refractivity contribution in [3.63, 3.8) is 0 Å². The minimum atomic E-state index is -0.371. The summed E-state index contributed by atoms with van der Waals surface area (Å²) in [6.45, 7) is 2.09. The van der Waals surface area contributed by atoms with Gasteiger partial charge in [0.1, 0.15) is 17.3 Å². The van der Waals surface area contributed by atoms with Crippen LogP contribution in [0.1, 0.15) is 17.3 Å². The Balaban J connectivity index is 1.88. The second-order valence-corrected chi connectivity index (χ2v) is 5.90. The molecule has 2 N–H and O–H groups in total. The van der Waals surface area contributed by atoms with Crippen molar-refractivity contribution in [2.24, 2.45) is 17.3 Å². The van der Waals surface area contributed by atoms with Gasteiger partial charge in [-0.1, -0.05) is 0 Å². The molecule has 0 unspecified atom stereocenters. The number of nitrogens with two attached hydrogens (primary N) is 1. The second kappa shape index (κ2) is 8.34. The van der Waals surface area contributed by atoms with Crippen molar-refractivity contribution in [3.05, 3.63) is 54.1 Å². The maximum Gasteiger partial charge on any atom is 0.338 e. The quantitative estimate of drug-likeness (QED) is 0.509. The van der Waals surface area contributed by atoms with Gasteiger partial charge in [-0.2, -0.15) is 10.2 Å². The highest BCUT2D eigenvalue weighted by Crippen LogP contribution is 2.36. The predicted molar refractivity (Wildman–Crippen MR) is 106 cm³/mol. The van der Waals surface area contributed by atoms with Crippen LogP contribution in [0, 0.1) is 0 Å². The number of methoxy groups -OCH3 is 1. The normalized spacial score (nSPS) is 11.0. The van der Waals surface area contributed by atoms with Gasteiger partial charge in [0.15, 0.2) is 5.69 Å². The van der Waals surface area contributed by atoms with Crippen molar-refractivity contribution < 1.29 is 14.3 Å². The predicted octanol–water partition coefficient (Wildman–Crippen LogP) is 4.27. The number of nitrogens with zero attached hydrogens (tertiary/aromatic N) is 4. The van der Waals surface area contributed by atoms with Crippen molar-refractivity contribution in [2.75, 3.05) is 19.5 Å². The van der Waals surface area contributed by atoms with E-state index in [2.05, 4.69) is 15.3 Å². The molecule has 3 aromatic rings. The zero-order valence-corrected chi connectivity index (χ0v) is 15.9. The van der Waals surface area contributed by atoms with Gasteiger partial charge in [-0.25, -0.2) is 4.79 Å². The summed E-state index contributed by atoms with van der Waals surface area (Å²) in [5, 5.41) is 13.0. The number of benzene rings is 2. The lowest BCUT2D eigenvalue weighted by molar-refractivity contribution is 0.0526. The van der Waals surface area contributed by atoms with Crippen molar-refractivity contribution in [1.82, 2.24) is 9.78 Å². The van der Waals surface area contributed by atoms with Gasteiger partial charge in [0.25, 0.3) is 0 Å². The number of carbonyl (C=O) groups is 1. The van der Waals surface area contributed by atoms with E-state index in [0.29, 0.717) is 35.1 Å². The molecule has 0 aliphatic rings. The average Bonchev–Trinajstić information content (AvgIpc) is 3.01. The van der Waals surface area contributed by atoms with E-state index in [-0.39, 0.29) is 5.97 Å². The molecule has 1 heterocycles. The molecule has 0 spiro atoms. The highest BCUT2D eigenvalue weighted by Gasteiger charge is 2.16. The average molecular weight is 379 g/mol. The minimum Gasteiger partial charge on any atom is -0.497 e. The first-order chi connectivity index (χ1) is 13.5. The zero-order chi connectivity index (χ0) is 20.1. The lowest BCUT2D eigenvalue weighted by atomic mass is 10.1. The molecule has 0 amide bonds. The van der Waals surface area contributed by atoms with E-state index in [1.54, 1.807) is 50.0 Å². The summed E-state index contributed by atoms with van der Waals surface area (Å²) in [6, 6.07) is 14.1. The molecule has 0 atom stereocenters. The monoisotopic (exact) mass is 379 g/mol. The van der Waals surface area contributed by atoms with Gasteiger partial charge in [0.05, 0.1) is 25.0 Å². The molecular formula is C20H21N5O3. The Labute approximate surface area is 162 Å². The third-order valence-electron chi connectivity index (χ3n) is 4.07. The number of azo groups is 1. The molecular weight excluding hydrogens is 358 g/mol. The Morgan fingerprint density at radius 1 is 1.11 bits per heavy atom. The van der Waals surface area contributed by atoms with E-state index in [1.165, 1.54) is 0 Å². The maximum atomic E-state index is 11.7. The summed E-state index contributed by atoms with van der Waals surface area (Å²) in [7, 11) is 3.36. The fraction of sp³-hybridized carbons (Fsp3) is 0.200. The first kappa shape index (κ1) is 19.1. The summed E-state index contributed by atoms with van der Waals surface area (Å²) in [5.41, 5.74) is 9.10. The molecule has 0 aliphatic carbocycles. The molecule has 1 aromatic heterocycles. The van der Waals surface area contributed by atoms with Gasteiger partial charge >= 0.3 is 5.97 Å². The molecule has 3 rings (SSSR count). The SMILES string of the molecule is CCOC(=O)c1ccc(N=Nc2c(-c3ccc(OC)cc3)nn(C)c2N)cc1. The summed E-state index contributed by atoms with van der Waals surface area (Å²) >= 11 is 0. The molecule has 0 fully saturated rings. The van der Waals surface area contributed by atoms with Crippen molar-refractivity contribution in [3.8, 4) is 17.0 Å². The third kappa shape index (κ3) is 4.01. The molecule has 0 radical (unpaired) electrons. The fourth-order valence-corrected chi connectivity index (χ4v) is 2.55. The highest BCUT2D eigenvalue weighted by molar-refractivity contribution is 5.89. The maximum absolute atomic E-state index is 11.7. The lowest BCUT2D eigenvalue weighted by Crippen LogP contribution is -2.03. The minimum absolute atomic E-state index is 0.328. The van der Waals surface area contributed by atoms with E-state index in [9.17, 15) is 4.79 Å². The smallest absolute Gasteiger partial charge is 0.338 e. The van der Waals surface area contributed by atoms with E-state index >= 15 is 0 Å². The van der Waals surface area contributed by atoms with Crippen LogP contribution in [-0.4, -0.2) is 29.5 Å². The number of hydrogen-bond acceptors (Lipinski definition) is 7. The van der Waals surface area contributed by atoms with Gasteiger partial charge in [-0.05, 0) is 55.5 Å². The van der Waals surface area contributed by atoms with Crippen LogP contribution in [-0.2, 0) is 11.8 Å². The van der Waals surface area contributed by atoms with Crippen LogP contribution in [0.15, 0.2) is 58.8 Å². The summed E-state index contributed by atoms with van der Waals surface area (Å²) in [5.74, 6) is 0.777. The fourth-order valence-electron chi connectivity index (χ4n) is 2.55. The number of nitrogen functional groups attached to an aromatic ring is 1. The molecule has 0 bridgehead atoms. The second-order valence-electron chi connectivity index (χ2n) is 5.90. The number of ether oxygens (including phenoxy) is 2. The van der Waals surface area contributed by atoms with Gasteiger partial charge in [0, 0.05) is 12.6 Å². The van der Waals surface area contributed by atoms with E-state index in [0.717, 1.165) is 11.3 Å². The Bertz CT molecular complexity index is 992. The Kier molecular flexibility index (Phi) is 5.69. The number of rotatable bonds is 6. The summed E-state index contributed by atoms with van der Waals surface area (Å²) in [6.07, 6.45) is 0. The van der Waals surface area contributed by atoms with Crippen molar-refractivity contribution >= 4 is 23.2 Å². The standard InChI is InChI=1S/C20H21N5O3/c1-4-28-20(26)14-5-9-15(10-6-14)22-23-18-17(24-25(2)19(18)21)13-7-11-16(27-3)12-8-13/h5-12H,4,21H2,1-3H3. The Morgan fingerprint density at radius 3 is 2.39 bits per heavy atom. The van der Waals surface area contributed by atoms with Crippen LogP contribution in [0.3, 0.4) is 0 Å². The number of esters is 1. The van der Waals surface area contributed by atoms with E-state index in [4.69, 9.17) is 15.2 Å². The molecule has 28 heavy (non-hydrogen) atoms. The molecule has 0 saturated carbocycles. The first-order valence-corrected chi connectivity index (χ1v) is 8.69. The van der Waals surface area contributed by atoms with Crippen LogP contribution in [0.4, 0.5) is 17.2 Å². The van der Waals surface area contributed by atoms with E-state index in [1.807, 2.05) is 24.3 Å². The van der Waals surface area contributed by atoms with Crippen molar-refractivity contribution in [2.45, 2.75) is 6.92 Å². The first-order valence-electron chi connectivity index (χ1n) is 8.69. The van der Waals surface area contributed by atoms with Crippen LogP contribution in [0.5, 0.6) is 5.75 Å². The Hall–Kier alpha value is -3.68. The van der Waals surface area contributed by atoms with Crippen LogP contribution in [0.2, 0.25) is 0 Å². The molecule has 0 aliphatic heterocycles. The molecule has 144 valence electrons. The van der Waals surface area contributed by atoms with Gasteiger partial charge in [-0.3, -0.25) is 4.68 Å². The number of hydrogen-bond donors (Lipinski definition) is 1. The Morgan fingerprint density at radius 2 is 1.79 bits per heavy atom. The molecule has 8 heteroatoms. The number of carbonyl (C=O) groups excluding carboxylic acids is 1. The summed E-state index contributed by atoms with van der Waals surface area (Å²) < 4.78 is 11.7. The van der Waals surface area contributed by atoms with Crippen LogP contribution in [0.25, 0.3) is 11.3 Å². The van der Waals surface area contributed by atoms with Gasteiger partial charge in [0.2, 0.25) is 0 Å². The zero-order valence-electron chi connectivity index (χ0n) is 15.9. The highest BCUT2D eigenvalue weighted by atomic mass is 16.5. The van der Waals surface area contributed by atoms with Crippen LogP contribution < -0.4 is 10.5 Å². The topological polar surface area (TPSA) is 104 Å². The van der Waals surface area contributed by atoms with Gasteiger partial charge < -0.3 is 15.2 Å². The largest absolute Gasteiger partial charge is 0.497 e. The molecule has 8 nitrogen and oxygen atoms in total. The van der Waals surface area contributed by atoms with Gasteiger partial charge in [-0.15, -0.1) is 5.11 Å². The third-order valence-corrected chi connectivity index (χ3v) is 4.07. The lowest BCUT2D eigenvalue weighted by Gasteiger charge is -2.02. The molecule has 2 aromatic carbocycles. The summed E-state index contributed by atoms with van der Waals surface area (Å²) in [4.78, 5) is 11.7. The van der Waals surface area contributed by atoms with Crippen LogP contribution >= 0.6 is 0 Å². The molecule has 0 saturated heterocycles. The number of anilines is 1. The van der Waals surface area contributed by atoms with E-state index < -0.39 is 0 Å². The number of aromatic nitrogens is 2. The van der Waals surface area contributed by atoms with Crippen molar-refractivity contribution in [1.29, 1.82) is 0 Å². The number of aryl methyl sites for hydroxylation is 1.